The number of rotatable bonds is 2. The number of pyridine rings is 1. The van der Waals surface area contributed by atoms with Crippen LogP contribution in [0.5, 0.6) is 0 Å². The van der Waals surface area contributed by atoms with E-state index in [4.69, 9.17) is 10.5 Å². The molecule has 0 radical (unpaired) electrons. The Morgan fingerprint density at radius 2 is 2.39 bits per heavy atom. The summed E-state index contributed by atoms with van der Waals surface area (Å²) in [5.41, 5.74) is 7.20. The molecule has 1 aromatic rings. The topological polar surface area (TPSA) is 51.4 Å². The van der Waals surface area contributed by atoms with Crippen LogP contribution in [0, 0.1) is 0 Å². The molecule has 2 aliphatic rings. The minimum Gasteiger partial charge on any atom is -0.374 e. The van der Waals surface area contributed by atoms with Crippen molar-refractivity contribution in [2.75, 3.05) is 18.1 Å². The zero-order valence-corrected chi connectivity index (χ0v) is 10.9. The van der Waals surface area contributed by atoms with E-state index < -0.39 is 0 Å². The molecule has 1 aromatic heterocycles. The van der Waals surface area contributed by atoms with E-state index in [1.807, 2.05) is 19.2 Å². The molecule has 2 N–H and O–H groups in total. The number of morpholine rings is 1. The van der Waals surface area contributed by atoms with Crippen molar-refractivity contribution in [3.63, 3.8) is 0 Å². The second-order valence-corrected chi connectivity index (χ2v) is 5.31. The number of nitrogens with zero attached hydrogens (tertiary/aromatic N) is 2. The first kappa shape index (κ1) is 11.9. The summed E-state index contributed by atoms with van der Waals surface area (Å²) in [7, 11) is 0. The number of hydrogen-bond donors (Lipinski definition) is 1. The third-order valence-electron chi connectivity index (χ3n) is 4.06. The largest absolute Gasteiger partial charge is 0.374 e. The Labute approximate surface area is 108 Å². The lowest BCUT2D eigenvalue weighted by atomic mass is 10.1. The van der Waals surface area contributed by atoms with Crippen LogP contribution in [0.2, 0.25) is 0 Å². The number of ether oxygens (including phenoxy) is 1. The summed E-state index contributed by atoms with van der Waals surface area (Å²) in [5.74, 6) is 1.06. The molecule has 2 heterocycles. The number of aromatic nitrogens is 1. The Balaban J connectivity index is 1.93. The molecular formula is C14H21N3O. The van der Waals surface area contributed by atoms with Crippen molar-refractivity contribution in [2.24, 2.45) is 5.73 Å². The van der Waals surface area contributed by atoms with E-state index in [1.54, 1.807) is 0 Å². The molecule has 0 aromatic carbocycles. The second kappa shape index (κ2) is 4.86. The Morgan fingerprint density at radius 1 is 1.50 bits per heavy atom. The van der Waals surface area contributed by atoms with E-state index >= 15 is 0 Å². The van der Waals surface area contributed by atoms with Crippen LogP contribution in [0.3, 0.4) is 0 Å². The Morgan fingerprint density at radius 3 is 3.22 bits per heavy atom. The van der Waals surface area contributed by atoms with Crippen molar-refractivity contribution >= 4 is 5.82 Å². The Hall–Kier alpha value is -1.13. The van der Waals surface area contributed by atoms with E-state index in [1.165, 1.54) is 19.3 Å². The van der Waals surface area contributed by atoms with Gasteiger partial charge in [-0.15, -0.1) is 0 Å². The number of anilines is 1. The quantitative estimate of drug-likeness (QED) is 0.866. The van der Waals surface area contributed by atoms with Gasteiger partial charge >= 0.3 is 0 Å². The molecule has 0 spiro atoms. The lowest BCUT2D eigenvalue weighted by Gasteiger charge is -2.39. The van der Waals surface area contributed by atoms with Gasteiger partial charge in [-0.2, -0.15) is 0 Å². The highest BCUT2D eigenvalue weighted by molar-refractivity contribution is 5.50. The van der Waals surface area contributed by atoms with Gasteiger partial charge < -0.3 is 15.4 Å². The van der Waals surface area contributed by atoms with Crippen LogP contribution < -0.4 is 10.6 Å². The van der Waals surface area contributed by atoms with E-state index in [0.29, 0.717) is 12.1 Å². The normalized spacial score (nSPS) is 29.1. The van der Waals surface area contributed by atoms with Crippen LogP contribution in [0.15, 0.2) is 18.3 Å². The fourth-order valence-corrected chi connectivity index (χ4v) is 3.19. The monoisotopic (exact) mass is 247 g/mol. The second-order valence-electron chi connectivity index (χ2n) is 5.31. The van der Waals surface area contributed by atoms with Crippen molar-refractivity contribution in [3.8, 4) is 0 Å². The maximum absolute atomic E-state index is 6.06. The fraction of sp³-hybridized carbons (Fsp3) is 0.643. The zero-order chi connectivity index (χ0) is 12.5. The van der Waals surface area contributed by atoms with Crippen molar-refractivity contribution < 1.29 is 4.74 Å². The fourth-order valence-electron chi connectivity index (χ4n) is 3.19. The van der Waals surface area contributed by atoms with Crippen molar-refractivity contribution in [1.29, 1.82) is 0 Å². The third-order valence-corrected chi connectivity index (χ3v) is 4.06. The molecule has 3 atom stereocenters. The highest BCUT2D eigenvalue weighted by atomic mass is 16.5. The van der Waals surface area contributed by atoms with Crippen LogP contribution >= 0.6 is 0 Å². The molecule has 4 heteroatoms. The highest BCUT2D eigenvalue weighted by Crippen LogP contribution is 2.34. The molecule has 4 nitrogen and oxygen atoms in total. The van der Waals surface area contributed by atoms with E-state index in [0.717, 1.165) is 24.5 Å². The van der Waals surface area contributed by atoms with E-state index in [2.05, 4.69) is 16.0 Å². The number of hydrogen-bond acceptors (Lipinski definition) is 4. The van der Waals surface area contributed by atoms with Crippen molar-refractivity contribution in [1.82, 2.24) is 4.98 Å². The number of fused-ring (bicyclic) bond motifs is 1. The molecule has 1 aliphatic carbocycles. The summed E-state index contributed by atoms with van der Waals surface area (Å²) >= 11 is 0. The molecule has 3 rings (SSSR count). The highest BCUT2D eigenvalue weighted by Gasteiger charge is 2.37. The van der Waals surface area contributed by atoms with Gasteiger partial charge in [0.2, 0.25) is 0 Å². The molecule has 1 saturated heterocycles. The lowest BCUT2D eigenvalue weighted by Crippen LogP contribution is -2.49. The van der Waals surface area contributed by atoms with Gasteiger partial charge in [0, 0.05) is 24.3 Å². The first-order chi connectivity index (χ1) is 8.77. The molecular weight excluding hydrogens is 226 g/mol. The van der Waals surface area contributed by atoms with Gasteiger partial charge in [-0.05, 0) is 32.3 Å². The predicted octanol–water partition coefficient (Wildman–Crippen LogP) is 1.86. The third kappa shape index (κ3) is 1.99. The average molecular weight is 247 g/mol. The number of nitrogens with two attached hydrogens (primary N) is 1. The van der Waals surface area contributed by atoms with Gasteiger partial charge in [0.1, 0.15) is 5.82 Å². The summed E-state index contributed by atoms with van der Waals surface area (Å²) in [6.07, 6.45) is 5.90. The summed E-state index contributed by atoms with van der Waals surface area (Å²) in [6.45, 7) is 3.75. The van der Waals surface area contributed by atoms with Gasteiger partial charge in [-0.3, -0.25) is 0 Å². The van der Waals surface area contributed by atoms with E-state index in [-0.39, 0.29) is 6.04 Å². The Bertz CT molecular complexity index is 421. The summed E-state index contributed by atoms with van der Waals surface area (Å²) in [5, 5.41) is 0. The van der Waals surface area contributed by atoms with E-state index in [9.17, 15) is 0 Å². The molecule has 1 saturated carbocycles. The SMILES string of the molecule is C[C@H](N)c1cccnc1N1CCOC2CCCC21. The van der Waals surface area contributed by atoms with Gasteiger partial charge in [0.05, 0.1) is 18.8 Å². The average Bonchev–Trinajstić information content (AvgIpc) is 2.86. The summed E-state index contributed by atoms with van der Waals surface area (Å²) < 4.78 is 5.85. The molecule has 2 fully saturated rings. The van der Waals surface area contributed by atoms with Crippen LogP contribution in [-0.4, -0.2) is 30.3 Å². The van der Waals surface area contributed by atoms with Gasteiger partial charge in [0.25, 0.3) is 0 Å². The lowest BCUT2D eigenvalue weighted by molar-refractivity contribution is 0.0252. The Kier molecular flexibility index (Phi) is 3.22. The minimum absolute atomic E-state index is 0.0244. The molecule has 98 valence electrons. The standard InChI is InChI=1S/C14H21N3O/c1-10(15)11-4-3-7-16-14(11)17-8-9-18-13-6-2-5-12(13)17/h3-4,7,10,12-13H,2,5-6,8-9,15H2,1H3/t10-,12?,13?/m0/s1. The van der Waals surface area contributed by atoms with Gasteiger partial charge in [0.15, 0.2) is 0 Å². The smallest absolute Gasteiger partial charge is 0.133 e. The maximum Gasteiger partial charge on any atom is 0.133 e. The van der Waals surface area contributed by atoms with Crippen LogP contribution in [-0.2, 0) is 4.74 Å². The summed E-state index contributed by atoms with van der Waals surface area (Å²) in [4.78, 5) is 6.99. The predicted molar refractivity (Wildman–Crippen MR) is 71.6 cm³/mol. The molecule has 0 bridgehead atoms. The zero-order valence-electron chi connectivity index (χ0n) is 10.9. The minimum atomic E-state index is 0.0244. The molecule has 0 amide bonds. The first-order valence-corrected chi connectivity index (χ1v) is 6.86. The molecule has 18 heavy (non-hydrogen) atoms. The van der Waals surface area contributed by atoms with Crippen LogP contribution in [0.4, 0.5) is 5.82 Å². The summed E-state index contributed by atoms with van der Waals surface area (Å²) in [6, 6.07) is 4.57. The van der Waals surface area contributed by atoms with Crippen molar-refractivity contribution in [2.45, 2.75) is 44.4 Å². The molecule has 2 unspecified atom stereocenters. The van der Waals surface area contributed by atoms with Crippen LogP contribution in [0.25, 0.3) is 0 Å². The molecule has 1 aliphatic heterocycles. The van der Waals surface area contributed by atoms with Crippen LogP contribution in [0.1, 0.15) is 37.8 Å². The van der Waals surface area contributed by atoms with Crippen molar-refractivity contribution in [3.05, 3.63) is 23.9 Å². The maximum atomic E-state index is 6.06. The van der Waals surface area contributed by atoms with Gasteiger partial charge in [-0.25, -0.2) is 4.98 Å². The first-order valence-electron chi connectivity index (χ1n) is 6.86. The van der Waals surface area contributed by atoms with Gasteiger partial charge in [-0.1, -0.05) is 6.07 Å².